The van der Waals surface area contributed by atoms with Gasteiger partial charge in [0.05, 0.1) is 5.60 Å². The fourth-order valence-corrected chi connectivity index (χ4v) is 1.52. The molecule has 1 rings (SSSR count). The van der Waals surface area contributed by atoms with Gasteiger partial charge >= 0.3 is 0 Å². The van der Waals surface area contributed by atoms with Crippen LogP contribution >= 0.6 is 0 Å². The van der Waals surface area contributed by atoms with Crippen LogP contribution in [0.3, 0.4) is 0 Å². The first-order chi connectivity index (χ1) is 5.73. The maximum Gasteiger partial charge on any atom is 0.0888 e. The third kappa shape index (κ3) is 1.78. The Morgan fingerprint density at radius 1 is 1.42 bits per heavy atom. The zero-order valence-electron chi connectivity index (χ0n) is 7.88. The second-order valence-electron chi connectivity index (χ2n) is 3.23. The Hall–Kier alpha value is -0.560. The molecule has 1 heteroatoms. The molecule has 1 radical (unpaired) electrons. The molecule has 1 nitrogen and oxygen atoms in total. The molecule has 0 bridgehead atoms. The Bertz CT molecular complexity index is 197. The molecule has 1 N–H and O–H groups in total. The maximum absolute atomic E-state index is 10.1. The lowest BCUT2D eigenvalue weighted by atomic mass is 9.85. The van der Waals surface area contributed by atoms with Crippen LogP contribution in [0.4, 0.5) is 0 Å². The third-order valence-electron chi connectivity index (χ3n) is 2.59. The number of hydrogen-bond acceptors (Lipinski definition) is 1. The molecule has 0 spiro atoms. The van der Waals surface area contributed by atoms with Crippen LogP contribution in [0.25, 0.3) is 0 Å². The van der Waals surface area contributed by atoms with Crippen LogP contribution in [0.15, 0.2) is 23.8 Å². The standard InChI is InChI=1S/C11H17O/c1-3-11(12,4-2)10-8-6-5-7-9-10/h5-6,8-9,12H,3-4,7H2,1-2H3. The summed E-state index contributed by atoms with van der Waals surface area (Å²) in [6.07, 6.45) is 10.8. The summed E-state index contributed by atoms with van der Waals surface area (Å²) in [6, 6.07) is 0. The molecule has 0 atom stereocenters. The van der Waals surface area contributed by atoms with E-state index < -0.39 is 5.60 Å². The van der Waals surface area contributed by atoms with Gasteiger partial charge in [-0.05, 0) is 31.3 Å². The SMILES string of the molecule is CCC(O)(CC)C1=CC[CH]C=C1. The minimum Gasteiger partial charge on any atom is -0.385 e. The largest absolute Gasteiger partial charge is 0.385 e. The van der Waals surface area contributed by atoms with Gasteiger partial charge in [-0.3, -0.25) is 0 Å². The molecule has 0 fully saturated rings. The van der Waals surface area contributed by atoms with Crippen molar-refractivity contribution >= 4 is 0 Å². The first-order valence-electron chi connectivity index (χ1n) is 4.66. The van der Waals surface area contributed by atoms with Gasteiger partial charge in [-0.25, -0.2) is 0 Å². The minimum atomic E-state index is -0.592. The van der Waals surface area contributed by atoms with E-state index in [-0.39, 0.29) is 0 Å². The molecular weight excluding hydrogens is 148 g/mol. The molecule has 0 saturated heterocycles. The Kier molecular flexibility index (Phi) is 3.10. The monoisotopic (exact) mass is 165 g/mol. The fourth-order valence-electron chi connectivity index (χ4n) is 1.52. The van der Waals surface area contributed by atoms with Gasteiger partial charge in [0.1, 0.15) is 0 Å². The Morgan fingerprint density at radius 2 is 2.08 bits per heavy atom. The van der Waals surface area contributed by atoms with E-state index in [0.717, 1.165) is 24.8 Å². The van der Waals surface area contributed by atoms with E-state index in [0.29, 0.717) is 0 Å². The van der Waals surface area contributed by atoms with Crippen molar-refractivity contribution in [3.8, 4) is 0 Å². The Morgan fingerprint density at radius 3 is 2.50 bits per heavy atom. The molecule has 0 aliphatic heterocycles. The van der Waals surface area contributed by atoms with Gasteiger partial charge < -0.3 is 5.11 Å². The first-order valence-corrected chi connectivity index (χ1v) is 4.66. The molecule has 12 heavy (non-hydrogen) atoms. The molecule has 0 amide bonds. The fraction of sp³-hybridized carbons (Fsp3) is 0.545. The predicted molar refractivity (Wildman–Crippen MR) is 51.7 cm³/mol. The van der Waals surface area contributed by atoms with Gasteiger partial charge in [0.15, 0.2) is 0 Å². The highest BCUT2D eigenvalue weighted by Gasteiger charge is 2.25. The average molecular weight is 165 g/mol. The van der Waals surface area contributed by atoms with Gasteiger partial charge in [-0.1, -0.05) is 32.1 Å². The molecular formula is C11H17O. The smallest absolute Gasteiger partial charge is 0.0888 e. The summed E-state index contributed by atoms with van der Waals surface area (Å²) in [7, 11) is 0. The van der Waals surface area contributed by atoms with Crippen LogP contribution < -0.4 is 0 Å². The number of hydrogen-bond donors (Lipinski definition) is 1. The molecule has 1 aliphatic carbocycles. The molecule has 0 saturated carbocycles. The number of aliphatic hydroxyl groups is 1. The van der Waals surface area contributed by atoms with Crippen molar-refractivity contribution in [1.82, 2.24) is 0 Å². The molecule has 0 heterocycles. The van der Waals surface area contributed by atoms with E-state index in [2.05, 4.69) is 12.5 Å². The van der Waals surface area contributed by atoms with Crippen molar-refractivity contribution in [2.45, 2.75) is 38.7 Å². The van der Waals surface area contributed by atoms with Gasteiger partial charge in [0.2, 0.25) is 0 Å². The lowest BCUT2D eigenvalue weighted by Crippen LogP contribution is -2.28. The van der Waals surface area contributed by atoms with Crippen molar-refractivity contribution in [3.63, 3.8) is 0 Å². The van der Waals surface area contributed by atoms with E-state index in [1.807, 2.05) is 26.0 Å². The highest BCUT2D eigenvalue weighted by atomic mass is 16.3. The minimum absolute atomic E-state index is 0.592. The van der Waals surface area contributed by atoms with Crippen LogP contribution in [-0.4, -0.2) is 10.7 Å². The summed E-state index contributed by atoms with van der Waals surface area (Å²) in [5.74, 6) is 0. The third-order valence-corrected chi connectivity index (χ3v) is 2.59. The zero-order chi connectivity index (χ0) is 9.03. The molecule has 1 aliphatic rings. The van der Waals surface area contributed by atoms with Crippen LogP contribution in [-0.2, 0) is 0 Å². The molecule has 0 unspecified atom stereocenters. The lowest BCUT2D eigenvalue weighted by molar-refractivity contribution is 0.0733. The average Bonchev–Trinajstić information content (AvgIpc) is 2.18. The summed E-state index contributed by atoms with van der Waals surface area (Å²) >= 11 is 0. The summed E-state index contributed by atoms with van der Waals surface area (Å²) in [5.41, 5.74) is 0.486. The van der Waals surface area contributed by atoms with Gasteiger partial charge in [0.25, 0.3) is 0 Å². The quantitative estimate of drug-likeness (QED) is 0.681. The maximum atomic E-state index is 10.1. The van der Waals surface area contributed by atoms with E-state index >= 15 is 0 Å². The van der Waals surface area contributed by atoms with Crippen molar-refractivity contribution < 1.29 is 5.11 Å². The first kappa shape index (κ1) is 9.53. The van der Waals surface area contributed by atoms with E-state index in [4.69, 9.17) is 0 Å². The highest BCUT2D eigenvalue weighted by Crippen LogP contribution is 2.28. The van der Waals surface area contributed by atoms with E-state index in [1.54, 1.807) is 0 Å². The molecule has 67 valence electrons. The van der Waals surface area contributed by atoms with Crippen LogP contribution in [0.2, 0.25) is 0 Å². The topological polar surface area (TPSA) is 20.2 Å². The molecule has 0 aromatic carbocycles. The normalized spacial score (nSPS) is 17.8. The van der Waals surface area contributed by atoms with E-state index in [1.165, 1.54) is 0 Å². The van der Waals surface area contributed by atoms with Crippen molar-refractivity contribution in [3.05, 3.63) is 30.2 Å². The molecule has 0 aromatic heterocycles. The lowest BCUT2D eigenvalue weighted by Gasteiger charge is -2.28. The van der Waals surface area contributed by atoms with Gasteiger partial charge in [-0.15, -0.1) is 0 Å². The second kappa shape index (κ2) is 3.90. The van der Waals surface area contributed by atoms with Gasteiger partial charge in [-0.2, -0.15) is 0 Å². The summed E-state index contributed by atoms with van der Waals surface area (Å²) in [5, 5.41) is 10.1. The summed E-state index contributed by atoms with van der Waals surface area (Å²) in [4.78, 5) is 0. The van der Waals surface area contributed by atoms with Gasteiger partial charge in [0, 0.05) is 0 Å². The Balaban J connectivity index is 2.78. The number of rotatable bonds is 3. The van der Waals surface area contributed by atoms with Crippen LogP contribution in [0.1, 0.15) is 33.1 Å². The molecule has 0 aromatic rings. The van der Waals surface area contributed by atoms with Crippen molar-refractivity contribution in [2.24, 2.45) is 0 Å². The predicted octanol–water partition coefficient (Wildman–Crippen LogP) is 2.63. The summed E-state index contributed by atoms with van der Waals surface area (Å²) in [6.45, 7) is 4.05. The van der Waals surface area contributed by atoms with Crippen LogP contribution in [0, 0.1) is 6.42 Å². The zero-order valence-corrected chi connectivity index (χ0v) is 7.88. The highest BCUT2D eigenvalue weighted by molar-refractivity contribution is 5.33. The Labute approximate surface area is 74.8 Å². The van der Waals surface area contributed by atoms with Crippen molar-refractivity contribution in [2.75, 3.05) is 0 Å². The number of allylic oxidation sites excluding steroid dienone is 2. The van der Waals surface area contributed by atoms with Crippen molar-refractivity contribution in [1.29, 1.82) is 0 Å². The summed E-state index contributed by atoms with van der Waals surface area (Å²) < 4.78 is 0. The van der Waals surface area contributed by atoms with Crippen LogP contribution in [0.5, 0.6) is 0 Å². The second-order valence-corrected chi connectivity index (χ2v) is 3.23. The van der Waals surface area contributed by atoms with E-state index in [9.17, 15) is 5.11 Å².